The molecule has 0 aliphatic heterocycles. The van der Waals surface area contributed by atoms with Crippen molar-refractivity contribution in [1.29, 1.82) is 0 Å². The average molecular weight is 250 g/mol. The van der Waals surface area contributed by atoms with Gasteiger partial charge in [-0.3, -0.25) is 9.59 Å². The second-order valence-corrected chi connectivity index (χ2v) is 4.03. The monoisotopic (exact) mass is 250 g/mol. The molecule has 1 aromatic rings. The topological polar surface area (TPSA) is 92.4 Å². The molecule has 0 heterocycles. The van der Waals surface area contributed by atoms with Crippen molar-refractivity contribution >= 4 is 17.6 Å². The number of carbonyl (C=O) groups excluding carboxylic acids is 1. The number of anilines is 1. The number of hydrogen-bond acceptors (Lipinski definition) is 3. The van der Waals surface area contributed by atoms with Crippen LogP contribution < -0.4 is 11.1 Å². The Morgan fingerprint density at radius 2 is 2.06 bits per heavy atom. The Bertz CT molecular complexity index is 418. The van der Waals surface area contributed by atoms with Crippen molar-refractivity contribution in [2.24, 2.45) is 5.73 Å². The Morgan fingerprint density at radius 1 is 1.28 bits per heavy atom. The number of benzene rings is 1. The molecule has 0 aliphatic carbocycles. The molecule has 0 aliphatic rings. The molecule has 98 valence electrons. The lowest BCUT2D eigenvalue weighted by molar-refractivity contribution is -0.137. The highest BCUT2D eigenvalue weighted by Gasteiger charge is 2.03. The predicted octanol–water partition coefficient (Wildman–Crippen LogP) is 1.38. The summed E-state index contributed by atoms with van der Waals surface area (Å²) in [5, 5.41) is 11.4. The van der Waals surface area contributed by atoms with E-state index in [1.807, 2.05) is 6.07 Å². The van der Waals surface area contributed by atoms with E-state index in [1.54, 1.807) is 18.2 Å². The van der Waals surface area contributed by atoms with Crippen molar-refractivity contribution in [2.75, 3.05) is 11.9 Å². The Labute approximate surface area is 106 Å². The molecule has 0 saturated carbocycles. The minimum atomic E-state index is -0.826. The molecule has 0 fully saturated rings. The maximum Gasteiger partial charge on any atom is 0.303 e. The van der Waals surface area contributed by atoms with Gasteiger partial charge in [-0.05, 0) is 37.1 Å². The first kappa shape index (κ1) is 14.2. The molecular formula is C13H18N2O3. The molecule has 5 heteroatoms. The molecule has 0 atom stereocenters. The van der Waals surface area contributed by atoms with E-state index in [-0.39, 0.29) is 12.3 Å². The second kappa shape index (κ2) is 7.45. The Balaban J connectivity index is 2.53. The van der Waals surface area contributed by atoms with Gasteiger partial charge in [0.1, 0.15) is 0 Å². The molecule has 0 spiro atoms. The molecule has 0 saturated heterocycles. The summed E-state index contributed by atoms with van der Waals surface area (Å²) in [6, 6.07) is 7.22. The van der Waals surface area contributed by atoms with Crippen molar-refractivity contribution in [3.05, 3.63) is 29.8 Å². The van der Waals surface area contributed by atoms with Crippen LogP contribution >= 0.6 is 0 Å². The molecule has 1 aromatic carbocycles. The van der Waals surface area contributed by atoms with E-state index in [0.29, 0.717) is 31.5 Å². The number of carbonyl (C=O) groups is 2. The third kappa shape index (κ3) is 5.45. The van der Waals surface area contributed by atoms with Gasteiger partial charge >= 0.3 is 5.97 Å². The van der Waals surface area contributed by atoms with E-state index in [4.69, 9.17) is 10.8 Å². The van der Waals surface area contributed by atoms with Crippen LogP contribution in [0.4, 0.5) is 5.69 Å². The average Bonchev–Trinajstić information content (AvgIpc) is 2.34. The van der Waals surface area contributed by atoms with Gasteiger partial charge in [-0.25, -0.2) is 0 Å². The van der Waals surface area contributed by atoms with Crippen LogP contribution in [0.5, 0.6) is 0 Å². The van der Waals surface area contributed by atoms with Crippen LogP contribution in [0.1, 0.15) is 24.8 Å². The van der Waals surface area contributed by atoms with E-state index in [9.17, 15) is 9.59 Å². The van der Waals surface area contributed by atoms with E-state index in [2.05, 4.69) is 5.32 Å². The Morgan fingerprint density at radius 3 is 2.72 bits per heavy atom. The normalized spacial score (nSPS) is 10.1. The lowest BCUT2D eigenvalue weighted by Gasteiger charge is -2.06. The quantitative estimate of drug-likeness (QED) is 0.681. The highest BCUT2D eigenvalue weighted by atomic mass is 16.4. The SMILES string of the molecule is NCCCC(=O)Nc1cccc(CCC(=O)O)c1. The molecule has 5 nitrogen and oxygen atoms in total. The van der Waals surface area contributed by atoms with Crippen LogP contribution in [0.3, 0.4) is 0 Å². The fourth-order valence-corrected chi connectivity index (χ4v) is 1.54. The van der Waals surface area contributed by atoms with Crippen LogP contribution in [0.15, 0.2) is 24.3 Å². The number of aryl methyl sites for hydroxylation is 1. The van der Waals surface area contributed by atoms with Gasteiger partial charge in [-0.15, -0.1) is 0 Å². The summed E-state index contributed by atoms with van der Waals surface area (Å²) in [6.07, 6.45) is 1.60. The summed E-state index contributed by atoms with van der Waals surface area (Å²) < 4.78 is 0. The molecule has 0 radical (unpaired) electrons. The molecule has 0 aromatic heterocycles. The zero-order valence-corrected chi connectivity index (χ0v) is 10.2. The molecule has 18 heavy (non-hydrogen) atoms. The third-order valence-electron chi connectivity index (χ3n) is 2.45. The number of nitrogens with two attached hydrogens (primary N) is 1. The zero-order valence-electron chi connectivity index (χ0n) is 10.2. The second-order valence-electron chi connectivity index (χ2n) is 4.03. The Kier molecular flexibility index (Phi) is 5.87. The minimum absolute atomic E-state index is 0.0733. The van der Waals surface area contributed by atoms with Crippen molar-refractivity contribution < 1.29 is 14.7 Å². The van der Waals surface area contributed by atoms with Crippen molar-refractivity contribution in [3.63, 3.8) is 0 Å². The fraction of sp³-hybridized carbons (Fsp3) is 0.385. The number of nitrogens with one attached hydrogen (secondary N) is 1. The summed E-state index contributed by atoms with van der Waals surface area (Å²) in [7, 11) is 0. The highest BCUT2D eigenvalue weighted by molar-refractivity contribution is 5.90. The van der Waals surface area contributed by atoms with Crippen LogP contribution in [0, 0.1) is 0 Å². The van der Waals surface area contributed by atoms with Crippen LogP contribution in [-0.4, -0.2) is 23.5 Å². The molecule has 0 bridgehead atoms. The van der Waals surface area contributed by atoms with Gasteiger partial charge < -0.3 is 16.2 Å². The van der Waals surface area contributed by atoms with Crippen LogP contribution in [-0.2, 0) is 16.0 Å². The third-order valence-corrected chi connectivity index (χ3v) is 2.45. The first-order valence-corrected chi connectivity index (χ1v) is 5.92. The molecule has 4 N–H and O–H groups in total. The molecule has 0 unspecified atom stereocenters. The van der Waals surface area contributed by atoms with Crippen LogP contribution in [0.25, 0.3) is 0 Å². The minimum Gasteiger partial charge on any atom is -0.481 e. The van der Waals surface area contributed by atoms with E-state index in [1.165, 1.54) is 0 Å². The summed E-state index contributed by atoms with van der Waals surface area (Å²) in [6.45, 7) is 0.492. The van der Waals surface area contributed by atoms with Gasteiger partial charge in [0.2, 0.25) is 5.91 Å². The smallest absolute Gasteiger partial charge is 0.303 e. The van der Waals surface area contributed by atoms with Gasteiger partial charge in [0, 0.05) is 18.5 Å². The number of aliphatic carboxylic acids is 1. The van der Waals surface area contributed by atoms with Crippen molar-refractivity contribution in [2.45, 2.75) is 25.7 Å². The van der Waals surface area contributed by atoms with E-state index in [0.717, 1.165) is 5.56 Å². The van der Waals surface area contributed by atoms with Crippen LogP contribution in [0.2, 0.25) is 0 Å². The number of rotatable bonds is 7. The summed E-state index contributed by atoms with van der Waals surface area (Å²) in [4.78, 5) is 22.0. The summed E-state index contributed by atoms with van der Waals surface area (Å²) in [5.41, 5.74) is 6.92. The highest BCUT2D eigenvalue weighted by Crippen LogP contribution is 2.12. The zero-order chi connectivity index (χ0) is 13.4. The standard InChI is InChI=1S/C13H18N2O3/c14-8-2-5-12(16)15-11-4-1-3-10(9-11)6-7-13(17)18/h1,3-4,9H,2,5-8,14H2,(H,15,16)(H,17,18). The number of carboxylic acid groups (broad SMARTS) is 1. The predicted molar refractivity (Wildman–Crippen MR) is 69.3 cm³/mol. The Hall–Kier alpha value is -1.88. The van der Waals surface area contributed by atoms with Crippen molar-refractivity contribution in [3.8, 4) is 0 Å². The lowest BCUT2D eigenvalue weighted by atomic mass is 10.1. The summed E-state index contributed by atoms with van der Waals surface area (Å²) in [5.74, 6) is -0.900. The molecular weight excluding hydrogens is 232 g/mol. The summed E-state index contributed by atoms with van der Waals surface area (Å²) >= 11 is 0. The van der Waals surface area contributed by atoms with Gasteiger partial charge in [-0.2, -0.15) is 0 Å². The first-order chi connectivity index (χ1) is 8.61. The fourth-order valence-electron chi connectivity index (χ4n) is 1.54. The number of hydrogen-bond donors (Lipinski definition) is 3. The maximum absolute atomic E-state index is 11.5. The molecule has 1 rings (SSSR count). The van der Waals surface area contributed by atoms with Gasteiger partial charge in [0.05, 0.1) is 0 Å². The largest absolute Gasteiger partial charge is 0.481 e. The number of amides is 1. The van der Waals surface area contributed by atoms with E-state index >= 15 is 0 Å². The lowest BCUT2D eigenvalue weighted by Crippen LogP contribution is -2.13. The van der Waals surface area contributed by atoms with Crippen molar-refractivity contribution in [1.82, 2.24) is 0 Å². The maximum atomic E-state index is 11.5. The van der Waals surface area contributed by atoms with Gasteiger partial charge in [0.25, 0.3) is 0 Å². The number of carboxylic acids is 1. The van der Waals surface area contributed by atoms with Gasteiger partial charge in [0.15, 0.2) is 0 Å². The van der Waals surface area contributed by atoms with Gasteiger partial charge in [-0.1, -0.05) is 12.1 Å². The van der Waals surface area contributed by atoms with E-state index < -0.39 is 5.97 Å². The molecule has 1 amide bonds. The first-order valence-electron chi connectivity index (χ1n) is 5.92.